The van der Waals surface area contributed by atoms with E-state index in [1.54, 1.807) is 0 Å². The van der Waals surface area contributed by atoms with Crippen molar-refractivity contribution in [1.29, 1.82) is 0 Å². The smallest absolute Gasteiger partial charge is 0.123 e. The van der Waals surface area contributed by atoms with Crippen LogP contribution in [0.5, 0.6) is 0 Å². The van der Waals surface area contributed by atoms with Gasteiger partial charge >= 0.3 is 0 Å². The van der Waals surface area contributed by atoms with Crippen LogP contribution in [-0.4, -0.2) is 12.9 Å². The Morgan fingerprint density at radius 1 is 1.55 bits per heavy atom. The SMILES string of the molecule is NOCC1CCCC(C=O)C1. The Balaban J connectivity index is 2.27. The Kier molecular flexibility index (Phi) is 3.52. The number of carbonyl (C=O) groups excluding carboxylic acids is 1. The molecule has 11 heavy (non-hydrogen) atoms. The number of carbonyl (C=O) groups is 1. The largest absolute Gasteiger partial charge is 0.304 e. The number of hydrogen-bond acceptors (Lipinski definition) is 3. The second kappa shape index (κ2) is 4.46. The van der Waals surface area contributed by atoms with Crippen LogP contribution in [0, 0.1) is 11.8 Å². The van der Waals surface area contributed by atoms with Crippen molar-refractivity contribution in [2.75, 3.05) is 6.61 Å². The highest BCUT2D eigenvalue weighted by atomic mass is 16.6. The molecule has 3 heteroatoms. The predicted molar refractivity (Wildman–Crippen MR) is 41.7 cm³/mol. The number of rotatable bonds is 3. The summed E-state index contributed by atoms with van der Waals surface area (Å²) < 4.78 is 0. The van der Waals surface area contributed by atoms with E-state index in [2.05, 4.69) is 4.84 Å². The highest BCUT2D eigenvalue weighted by Gasteiger charge is 2.21. The van der Waals surface area contributed by atoms with E-state index in [4.69, 9.17) is 5.90 Å². The molecule has 2 unspecified atom stereocenters. The second-order valence-corrected chi connectivity index (χ2v) is 3.26. The summed E-state index contributed by atoms with van der Waals surface area (Å²) in [5.41, 5.74) is 0. The highest BCUT2D eigenvalue weighted by molar-refractivity contribution is 5.53. The minimum Gasteiger partial charge on any atom is -0.304 e. The van der Waals surface area contributed by atoms with Crippen LogP contribution in [0.3, 0.4) is 0 Å². The summed E-state index contributed by atoms with van der Waals surface area (Å²) in [6.07, 6.45) is 5.35. The molecular weight excluding hydrogens is 142 g/mol. The maximum absolute atomic E-state index is 10.4. The van der Waals surface area contributed by atoms with Gasteiger partial charge in [-0.3, -0.25) is 0 Å². The van der Waals surface area contributed by atoms with Crippen molar-refractivity contribution in [3.8, 4) is 0 Å². The van der Waals surface area contributed by atoms with Gasteiger partial charge in [-0.25, -0.2) is 5.90 Å². The van der Waals surface area contributed by atoms with Gasteiger partial charge in [-0.15, -0.1) is 0 Å². The first-order chi connectivity index (χ1) is 5.36. The van der Waals surface area contributed by atoms with Crippen molar-refractivity contribution in [2.24, 2.45) is 17.7 Å². The molecule has 0 saturated heterocycles. The number of aldehydes is 1. The molecule has 2 N–H and O–H groups in total. The predicted octanol–water partition coefficient (Wildman–Crippen LogP) is 0.882. The van der Waals surface area contributed by atoms with Crippen LogP contribution in [0.25, 0.3) is 0 Å². The summed E-state index contributed by atoms with van der Waals surface area (Å²) in [6.45, 7) is 0.602. The average molecular weight is 157 g/mol. The Morgan fingerprint density at radius 3 is 3.00 bits per heavy atom. The molecular formula is C8H15NO2. The Bertz CT molecular complexity index is 125. The Hall–Kier alpha value is -0.410. The van der Waals surface area contributed by atoms with Crippen molar-refractivity contribution in [3.05, 3.63) is 0 Å². The van der Waals surface area contributed by atoms with E-state index in [0.29, 0.717) is 12.5 Å². The van der Waals surface area contributed by atoms with Gasteiger partial charge in [0.05, 0.1) is 6.61 Å². The summed E-state index contributed by atoms with van der Waals surface area (Å²) in [5, 5.41) is 0. The van der Waals surface area contributed by atoms with E-state index in [1.165, 1.54) is 0 Å². The van der Waals surface area contributed by atoms with Crippen LogP contribution < -0.4 is 5.90 Å². The lowest BCUT2D eigenvalue weighted by Crippen LogP contribution is -2.21. The zero-order valence-electron chi connectivity index (χ0n) is 6.66. The van der Waals surface area contributed by atoms with Crippen LogP contribution in [0.4, 0.5) is 0 Å². The molecule has 0 amide bonds. The van der Waals surface area contributed by atoms with Gasteiger partial charge in [-0.05, 0) is 25.2 Å². The molecule has 0 aromatic carbocycles. The normalized spacial score (nSPS) is 31.7. The fourth-order valence-corrected chi connectivity index (χ4v) is 1.74. The third kappa shape index (κ3) is 2.60. The maximum atomic E-state index is 10.4. The lowest BCUT2D eigenvalue weighted by molar-refractivity contribution is -0.112. The van der Waals surface area contributed by atoms with E-state index in [1.807, 2.05) is 0 Å². The van der Waals surface area contributed by atoms with Gasteiger partial charge in [0, 0.05) is 5.92 Å². The molecule has 0 bridgehead atoms. The van der Waals surface area contributed by atoms with Gasteiger partial charge in [0.15, 0.2) is 0 Å². The summed E-state index contributed by atoms with van der Waals surface area (Å²) >= 11 is 0. The van der Waals surface area contributed by atoms with Crippen molar-refractivity contribution in [1.82, 2.24) is 0 Å². The van der Waals surface area contributed by atoms with E-state index in [-0.39, 0.29) is 5.92 Å². The van der Waals surface area contributed by atoms with E-state index in [9.17, 15) is 4.79 Å². The summed E-state index contributed by atoms with van der Waals surface area (Å²) in [4.78, 5) is 15.0. The van der Waals surface area contributed by atoms with Crippen LogP contribution in [0.1, 0.15) is 25.7 Å². The molecule has 0 radical (unpaired) electrons. The fraction of sp³-hybridized carbons (Fsp3) is 0.875. The molecule has 1 saturated carbocycles. The molecule has 1 aliphatic carbocycles. The molecule has 0 heterocycles. The zero-order chi connectivity index (χ0) is 8.10. The first kappa shape index (κ1) is 8.68. The Labute approximate surface area is 66.9 Å². The molecule has 3 nitrogen and oxygen atoms in total. The van der Waals surface area contributed by atoms with Crippen molar-refractivity contribution < 1.29 is 9.63 Å². The second-order valence-electron chi connectivity index (χ2n) is 3.26. The van der Waals surface area contributed by atoms with Gasteiger partial charge in [0.2, 0.25) is 0 Å². The molecule has 0 aliphatic heterocycles. The molecule has 0 aromatic rings. The van der Waals surface area contributed by atoms with E-state index >= 15 is 0 Å². The van der Waals surface area contributed by atoms with Crippen molar-refractivity contribution in [3.63, 3.8) is 0 Å². The van der Waals surface area contributed by atoms with Crippen LogP contribution in [0.2, 0.25) is 0 Å². The molecule has 0 aromatic heterocycles. The number of nitrogens with two attached hydrogens (primary N) is 1. The molecule has 1 fully saturated rings. The van der Waals surface area contributed by atoms with E-state index < -0.39 is 0 Å². The standard InChI is InChI=1S/C8H15NO2/c9-11-6-8-3-1-2-7(4-8)5-10/h5,7-8H,1-4,6,9H2. The van der Waals surface area contributed by atoms with Crippen LogP contribution in [0.15, 0.2) is 0 Å². The molecule has 64 valence electrons. The van der Waals surface area contributed by atoms with Gasteiger partial charge in [0.1, 0.15) is 6.29 Å². The van der Waals surface area contributed by atoms with Gasteiger partial charge in [-0.2, -0.15) is 0 Å². The quantitative estimate of drug-likeness (QED) is 0.488. The third-order valence-electron chi connectivity index (χ3n) is 2.35. The van der Waals surface area contributed by atoms with Crippen molar-refractivity contribution >= 4 is 6.29 Å². The van der Waals surface area contributed by atoms with Crippen molar-refractivity contribution in [2.45, 2.75) is 25.7 Å². The molecule has 0 spiro atoms. The number of hydrogen-bond donors (Lipinski definition) is 1. The summed E-state index contributed by atoms with van der Waals surface area (Å²) in [7, 11) is 0. The first-order valence-corrected chi connectivity index (χ1v) is 4.13. The van der Waals surface area contributed by atoms with Crippen LogP contribution >= 0.6 is 0 Å². The Morgan fingerprint density at radius 2 is 2.36 bits per heavy atom. The molecule has 2 atom stereocenters. The minimum absolute atomic E-state index is 0.254. The van der Waals surface area contributed by atoms with Gasteiger partial charge in [-0.1, -0.05) is 6.42 Å². The summed E-state index contributed by atoms with van der Waals surface area (Å²) in [6, 6.07) is 0. The first-order valence-electron chi connectivity index (χ1n) is 4.13. The van der Waals surface area contributed by atoms with E-state index in [0.717, 1.165) is 32.0 Å². The summed E-state index contributed by atoms with van der Waals surface area (Å²) in [5.74, 6) is 5.72. The minimum atomic E-state index is 0.254. The monoisotopic (exact) mass is 157 g/mol. The average Bonchev–Trinajstić information content (AvgIpc) is 2.06. The van der Waals surface area contributed by atoms with Crippen LogP contribution in [-0.2, 0) is 9.63 Å². The van der Waals surface area contributed by atoms with Gasteiger partial charge in [0.25, 0.3) is 0 Å². The lowest BCUT2D eigenvalue weighted by Gasteiger charge is -2.24. The fourth-order valence-electron chi connectivity index (χ4n) is 1.74. The van der Waals surface area contributed by atoms with Gasteiger partial charge < -0.3 is 9.63 Å². The molecule has 1 rings (SSSR count). The maximum Gasteiger partial charge on any atom is 0.123 e. The molecule has 1 aliphatic rings. The third-order valence-corrected chi connectivity index (χ3v) is 2.35. The zero-order valence-corrected chi connectivity index (χ0v) is 6.66. The highest BCUT2D eigenvalue weighted by Crippen LogP contribution is 2.27. The topological polar surface area (TPSA) is 52.3 Å². The lowest BCUT2D eigenvalue weighted by atomic mass is 9.83.